The average molecular weight is 278 g/mol. The van der Waals surface area contributed by atoms with Gasteiger partial charge in [-0.1, -0.05) is 11.6 Å². The molecule has 0 amide bonds. The summed E-state index contributed by atoms with van der Waals surface area (Å²) < 4.78 is 0. The van der Waals surface area contributed by atoms with Crippen molar-refractivity contribution in [2.75, 3.05) is 18.4 Å². The van der Waals surface area contributed by atoms with Gasteiger partial charge in [0, 0.05) is 25.2 Å². The quantitative estimate of drug-likeness (QED) is 0.919. The minimum absolute atomic E-state index is 0.446. The predicted molar refractivity (Wildman–Crippen MR) is 79.5 cm³/mol. The highest BCUT2D eigenvalue weighted by molar-refractivity contribution is 6.33. The van der Waals surface area contributed by atoms with Crippen LogP contribution in [0.15, 0.2) is 18.2 Å². The molecule has 3 nitrogen and oxygen atoms in total. The summed E-state index contributed by atoms with van der Waals surface area (Å²) >= 11 is 6.17. The van der Waals surface area contributed by atoms with Gasteiger partial charge >= 0.3 is 0 Å². The molecule has 1 aliphatic heterocycles. The Morgan fingerprint density at radius 2 is 2.05 bits per heavy atom. The standard InChI is InChI=1S/C15H20ClN3/c1-11(2)19-7-5-13(6-8-19)18-15-9-12(10-17)3-4-14(15)16/h3-4,9,11,13,18H,5-8H2,1-2H3. The van der Waals surface area contributed by atoms with Crippen LogP contribution in [-0.4, -0.2) is 30.1 Å². The Bertz CT molecular complexity index is 471. The predicted octanol–water partition coefficient (Wildman–Crippen LogP) is 3.50. The molecule has 0 unspecified atom stereocenters. The van der Waals surface area contributed by atoms with Crippen LogP contribution in [0.2, 0.25) is 5.02 Å². The molecule has 4 heteroatoms. The zero-order valence-corrected chi connectivity index (χ0v) is 12.2. The molecule has 0 bridgehead atoms. The van der Waals surface area contributed by atoms with Crippen LogP contribution in [-0.2, 0) is 0 Å². The Morgan fingerprint density at radius 1 is 1.37 bits per heavy atom. The molecule has 1 saturated heterocycles. The van der Waals surface area contributed by atoms with Gasteiger partial charge < -0.3 is 10.2 Å². The molecule has 1 aromatic carbocycles. The molecule has 0 atom stereocenters. The van der Waals surface area contributed by atoms with E-state index in [1.165, 1.54) is 0 Å². The van der Waals surface area contributed by atoms with E-state index in [9.17, 15) is 0 Å². The number of halogens is 1. The third-order valence-corrected chi connectivity index (χ3v) is 4.04. The number of nitriles is 1. The van der Waals surface area contributed by atoms with Crippen molar-refractivity contribution in [3.8, 4) is 6.07 Å². The normalized spacial score (nSPS) is 17.4. The molecule has 102 valence electrons. The van der Waals surface area contributed by atoms with Crippen molar-refractivity contribution >= 4 is 17.3 Å². The van der Waals surface area contributed by atoms with Crippen molar-refractivity contribution in [1.82, 2.24) is 4.90 Å². The second-order valence-electron chi connectivity index (χ2n) is 5.35. The highest BCUT2D eigenvalue weighted by Crippen LogP contribution is 2.26. The minimum Gasteiger partial charge on any atom is -0.381 e. The second-order valence-corrected chi connectivity index (χ2v) is 5.76. The highest BCUT2D eigenvalue weighted by atomic mass is 35.5. The second kappa shape index (κ2) is 6.27. The average Bonchev–Trinajstić information content (AvgIpc) is 2.42. The Hall–Kier alpha value is -1.24. The summed E-state index contributed by atoms with van der Waals surface area (Å²) in [4.78, 5) is 2.49. The fourth-order valence-electron chi connectivity index (χ4n) is 2.49. The maximum atomic E-state index is 8.93. The molecule has 1 aromatic rings. The van der Waals surface area contributed by atoms with Crippen molar-refractivity contribution < 1.29 is 0 Å². The molecule has 1 N–H and O–H groups in total. The number of hydrogen-bond acceptors (Lipinski definition) is 3. The van der Waals surface area contributed by atoms with E-state index < -0.39 is 0 Å². The minimum atomic E-state index is 0.446. The number of rotatable bonds is 3. The van der Waals surface area contributed by atoms with Crippen LogP contribution in [0, 0.1) is 11.3 Å². The Balaban J connectivity index is 1.98. The van der Waals surface area contributed by atoms with Gasteiger partial charge in [-0.15, -0.1) is 0 Å². The lowest BCUT2D eigenvalue weighted by atomic mass is 10.0. The molecule has 0 aliphatic carbocycles. The summed E-state index contributed by atoms with van der Waals surface area (Å²) in [5.41, 5.74) is 1.52. The van der Waals surface area contributed by atoms with E-state index in [1.807, 2.05) is 6.07 Å². The number of hydrogen-bond donors (Lipinski definition) is 1. The number of likely N-dealkylation sites (tertiary alicyclic amines) is 1. The molecule has 2 rings (SSSR count). The van der Waals surface area contributed by atoms with E-state index in [0.717, 1.165) is 31.6 Å². The first-order valence-electron chi connectivity index (χ1n) is 6.80. The Morgan fingerprint density at radius 3 is 2.63 bits per heavy atom. The first kappa shape index (κ1) is 14.2. The lowest BCUT2D eigenvalue weighted by Gasteiger charge is -2.35. The van der Waals surface area contributed by atoms with Crippen molar-refractivity contribution in [2.45, 2.75) is 38.8 Å². The molecule has 1 fully saturated rings. The van der Waals surface area contributed by atoms with Crippen LogP contribution in [0.1, 0.15) is 32.3 Å². The zero-order chi connectivity index (χ0) is 13.8. The van der Waals surface area contributed by atoms with Gasteiger partial charge in [0.15, 0.2) is 0 Å². The monoisotopic (exact) mass is 277 g/mol. The summed E-state index contributed by atoms with van der Waals surface area (Å²) in [6.07, 6.45) is 2.23. The smallest absolute Gasteiger partial charge is 0.0992 e. The van der Waals surface area contributed by atoms with E-state index in [1.54, 1.807) is 12.1 Å². The van der Waals surface area contributed by atoms with E-state index in [0.29, 0.717) is 22.7 Å². The Kier molecular flexibility index (Phi) is 4.68. The van der Waals surface area contributed by atoms with Crippen LogP contribution in [0.5, 0.6) is 0 Å². The highest BCUT2D eigenvalue weighted by Gasteiger charge is 2.21. The van der Waals surface area contributed by atoms with Gasteiger partial charge in [-0.25, -0.2) is 0 Å². The summed E-state index contributed by atoms with van der Waals surface area (Å²) in [5.74, 6) is 0. The summed E-state index contributed by atoms with van der Waals surface area (Å²) in [6, 6.07) is 8.57. The van der Waals surface area contributed by atoms with E-state index in [-0.39, 0.29) is 0 Å². The number of nitrogens with one attached hydrogen (secondary N) is 1. The van der Waals surface area contributed by atoms with Gasteiger partial charge in [-0.05, 0) is 44.9 Å². The van der Waals surface area contributed by atoms with Crippen LogP contribution >= 0.6 is 11.6 Å². The van der Waals surface area contributed by atoms with E-state index in [2.05, 4.69) is 30.1 Å². The van der Waals surface area contributed by atoms with Gasteiger partial charge in [-0.2, -0.15) is 5.26 Å². The maximum absolute atomic E-state index is 8.93. The van der Waals surface area contributed by atoms with E-state index in [4.69, 9.17) is 16.9 Å². The molecule has 0 aromatic heterocycles. The first-order chi connectivity index (χ1) is 9.10. The van der Waals surface area contributed by atoms with Gasteiger partial charge in [0.05, 0.1) is 22.3 Å². The molecule has 1 heterocycles. The topological polar surface area (TPSA) is 39.1 Å². The SMILES string of the molecule is CC(C)N1CCC(Nc2cc(C#N)ccc2Cl)CC1. The first-order valence-corrected chi connectivity index (χ1v) is 7.18. The molecular weight excluding hydrogens is 258 g/mol. The van der Waals surface area contributed by atoms with Crippen molar-refractivity contribution in [3.05, 3.63) is 28.8 Å². The molecular formula is C15H20ClN3. The fraction of sp³-hybridized carbons (Fsp3) is 0.533. The van der Waals surface area contributed by atoms with Gasteiger partial charge in [0.1, 0.15) is 0 Å². The number of anilines is 1. The maximum Gasteiger partial charge on any atom is 0.0992 e. The molecule has 0 radical (unpaired) electrons. The van der Waals surface area contributed by atoms with E-state index >= 15 is 0 Å². The third kappa shape index (κ3) is 3.62. The summed E-state index contributed by atoms with van der Waals surface area (Å²) in [5, 5.41) is 13.1. The Labute approximate surface area is 120 Å². The zero-order valence-electron chi connectivity index (χ0n) is 11.5. The largest absolute Gasteiger partial charge is 0.381 e. The van der Waals surface area contributed by atoms with Gasteiger partial charge in [0.2, 0.25) is 0 Å². The van der Waals surface area contributed by atoms with Gasteiger partial charge in [0.25, 0.3) is 0 Å². The van der Waals surface area contributed by atoms with Crippen LogP contribution in [0.4, 0.5) is 5.69 Å². The number of benzene rings is 1. The molecule has 19 heavy (non-hydrogen) atoms. The number of nitrogens with zero attached hydrogens (tertiary/aromatic N) is 2. The van der Waals surface area contributed by atoms with Crippen LogP contribution in [0.25, 0.3) is 0 Å². The lowest BCUT2D eigenvalue weighted by Crippen LogP contribution is -2.42. The van der Waals surface area contributed by atoms with Crippen molar-refractivity contribution in [3.63, 3.8) is 0 Å². The number of piperidine rings is 1. The van der Waals surface area contributed by atoms with Crippen molar-refractivity contribution in [2.24, 2.45) is 0 Å². The molecule has 0 saturated carbocycles. The third-order valence-electron chi connectivity index (χ3n) is 3.71. The summed E-state index contributed by atoms with van der Waals surface area (Å²) in [7, 11) is 0. The molecule has 0 spiro atoms. The summed E-state index contributed by atoms with van der Waals surface area (Å²) in [6.45, 7) is 6.71. The van der Waals surface area contributed by atoms with Crippen molar-refractivity contribution in [1.29, 1.82) is 5.26 Å². The lowest BCUT2D eigenvalue weighted by molar-refractivity contribution is 0.177. The van der Waals surface area contributed by atoms with Crippen LogP contribution < -0.4 is 5.32 Å². The molecule has 1 aliphatic rings. The van der Waals surface area contributed by atoms with Gasteiger partial charge in [-0.3, -0.25) is 0 Å². The van der Waals surface area contributed by atoms with Crippen LogP contribution in [0.3, 0.4) is 0 Å². The fourth-order valence-corrected chi connectivity index (χ4v) is 2.66.